The molecule has 31 heavy (non-hydrogen) atoms. The van der Waals surface area contributed by atoms with E-state index < -0.39 is 15.5 Å². The fraction of sp³-hybridized carbons (Fsp3) is 0.684. The summed E-state index contributed by atoms with van der Waals surface area (Å²) in [5.41, 5.74) is 0. The first kappa shape index (κ1) is 30.3. The van der Waals surface area contributed by atoms with Crippen molar-refractivity contribution in [2.75, 3.05) is 46.4 Å². The molecule has 1 aromatic carbocycles. The SMILES string of the molecule is CCN(CC)[P+](c1ccc(OC)cc1)(N(CC)CC)N(CC)CC.F[P-](F)(F)(F)(F)F. The van der Waals surface area contributed by atoms with Crippen LogP contribution in [0.15, 0.2) is 24.3 Å². The van der Waals surface area contributed by atoms with Gasteiger partial charge in [0.1, 0.15) is 11.1 Å². The molecule has 0 bridgehead atoms. The van der Waals surface area contributed by atoms with Gasteiger partial charge in [-0.15, -0.1) is 14.0 Å². The molecule has 0 saturated carbocycles. The quantitative estimate of drug-likeness (QED) is 0.232. The average molecular weight is 499 g/mol. The van der Waals surface area contributed by atoms with Gasteiger partial charge in [0.2, 0.25) is 0 Å². The van der Waals surface area contributed by atoms with Gasteiger partial charge >= 0.3 is 33.0 Å². The Morgan fingerprint density at radius 1 is 0.645 bits per heavy atom. The van der Waals surface area contributed by atoms with Gasteiger partial charge in [0.05, 0.1) is 7.11 Å². The van der Waals surface area contributed by atoms with E-state index in [0.29, 0.717) is 0 Å². The number of rotatable bonds is 11. The molecule has 1 aromatic rings. The molecule has 0 aliphatic rings. The van der Waals surface area contributed by atoms with Crippen molar-refractivity contribution in [3.05, 3.63) is 24.3 Å². The summed E-state index contributed by atoms with van der Waals surface area (Å²) in [6.07, 6.45) is 0. The van der Waals surface area contributed by atoms with Crippen LogP contribution in [0.2, 0.25) is 0 Å². The van der Waals surface area contributed by atoms with E-state index in [1.54, 1.807) is 7.11 Å². The van der Waals surface area contributed by atoms with Gasteiger partial charge in [-0.1, -0.05) is 0 Å². The molecule has 0 radical (unpaired) electrons. The van der Waals surface area contributed by atoms with Crippen LogP contribution in [0, 0.1) is 0 Å². The normalized spacial score (nSPS) is 14.8. The molecule has 1 rings (SSSR count). The maximum atomic E-state index is 9.87. The Morgan fingerprint density at radius 2 is 0.903 bits per heavy atom. The number of halogens is 6. The van der Waals surface area contributed by atoms with Crippen molar-refractivity contribution in [3.8, 4) is 5.75 Å². The molecule has 0 aliphatic carbocycles. The summed E-state index contributed by atoms with van der Waals surface area (Å²) in [6, 6.07) is 8.78. The van der Waals surface area contributed by atoms with E-state index in [1.165, 1.54) is 5.30 Å². The fourth-order valence-corrected chi connectivity index (χ4v) is 8.63. The Bertz CT molecular complexity index is 604. The van der Waals surface area contributed by atoms with Crippen LogP contribution in [0.5, 0.6) is 5.75 Å². The molecule has 4 nitrogen and oxygen atoms in total. The van der Waals surface area contributed by atoms with Crippen molar-refractivity contribution in [2.24, 2.45) is 0 Å². The van der Waals surface area contributed by atoms with E-state index in [4.69, 9.17) is 4.74 Å². The van der Waals surface area contributed by atoms with Gasteiger partial charge in [-0.25, -0.2) is 0 Å². The standard InChI is InChI=1S/C19H37N3OP.F6P/c1-8-20(9-2)24(21(10-3)11-4,22(12-5)13-6)19-16-14-18(23-7)15-17-19;1-7(2,3,4,5)6/h14-17H,8-13H2,1-7H3;/q+1;-1. The molecule has 0 saturated heterocycles. The summed E-state index contributed by atoms with van der Waals surface area (Å²) < 4.78 is 72.7. The Hall–Kier alpha value is -0.660. The topological polar surface area (TPSA) is 19.0 Å². The van der Waals surface area contributed by atoms with Gasteiger partial charge in [0.25, 0.3) is 7.71 Å². The van der Waals surface area contributed by atoms with E-state index in [9.17, 15) is 25.2 Å². The van der Waals surface area contributed by atoms with Gasteiger partial charge < -0.3 is 4.74 Å². The average Bonchev–Trinajstić information content (AvgIpc) is 2.67. The summed E-state index contributed by atoms with van der Waals surface area (Å²) in [6.45, 7) is 20.1. The van der Waals surface area contributed by atoms with Crippen molar-refractivity contribution in [1.82, 2.24) is 14.0 Å². The molecule has 0 unspecified atom stereocenters. The zero-order chi connectivity index (χ0) is 24.6. The van der Waals surface area contributed by atoms with Gasteiger partial charge in [-0.3, -0.25) is 0 Å². The first-order chi connectivity index (χ1) is 14.0. The summed E-state index contributed by atoms with van der Waals surface area (Å²) >= 11 is 0. The molecule has 186 valence electrons. The van der Waals surface area contributed by atoms with Crippen molar-refractivity contribution in [1.29, 1.82) is 0 Å². The third-order valence-electron chi connectivity index (χ3n) is 4.79. The van der Waals surface area contributed by atoms with Crippen LogP contribution in [0.1, 0.15) is 41.5 Å². The molecule has 0 heterocycles. The van der Waals surface area contributed by atoms with E-state index in [0.717, 1.165) is 45.0 Å². The molecule has 0 aliphatic heterocycles. The first-order valence-electron chi connectivity index (χ1n) is 10.4. The van der Waals surface area contributed by atoms with Crippen LogP contribution < -0.4 is 10.0 Å². The van der Waals surface area contributed by atoms with Crippen LogP contribution >= 0.6 is 15.5 Å². The van der Waals surface area contributed by atoms with Crippen LogP contribution in [0.3, 0.4) is 0 Å². The van der Waals surface area contributed by atoms with E-state index >= 15 is 0 Å². The van der Waals surface area contributed by atoms with Gasteiger partial charge in [0, 0.05) is 39.3 Å². The number of ether oxygens (including phenoxy) is 1. The van der Waals surface area contributed by atoms with E-state index in [-0.39, 0.29) is 0 Å². The summed E-state index contributed by atoms with van der Waals surface area (Å²) in [7, 11) is -10.7. The molecule has 0 aromatic heterocycles. The first-order valence-corrected chi connectivity index (χ1v) is 14.1. The van der Waals surface area contributed by atoms with Gasteiger partial charge in [-0.05, 0) is 65.8 Å². The molecular formula is C19H37F6N3OP2. The predicted molar refractivity (Wildman–Crippen MR) is 122 cm³/mol. The molecule has 0 fully saturated rings. The molecule has 0 amide bonds. The summed E-state index contributed by atoms with van der Waals surface area (Å²) in [5.74, 6) is 0.926. The predicted octanol–water partition coefficient (Wildman–Crippen LogP) is 7.49. The Balaban J connectivity index is 0.00000110. The van der Waals surface area contributed by atoms with Crippen molar-refractivity contribution in [3.63, 3.8) is 0 Å². The van der Waals surface area contributed by atoms with E-state index in [1.807, 2.05) is 0 Å². The monoisotopic (exact) mass is 499 g/mol. The second-order valence-corrected chi connectivity index (χ2v) is 11.9. The van der Waals surface area contributed by atoms with Crippen LogP contribution in [0.4, 0.5) is 25.2 Å². The van der Waals surface area contributed by atoms with Crippen LogP contribution in [-0.4, -0.2) is 60.4 Å². The second kappa shape index (κ2) is 11.0. The molecule has 0 atom stereocenters. The van der Waals surface area contributed by atoms with Crippen molar-refractivity contribution >= 4 is 20.8 Å². The summed E-state index contributed by atoms with van der Waals surface area (Å²) in [5, 5.41) is 1.43. The number of hydrogen-bond donors (Lipinski definition) is 0. The second-order valence-electron chi connectivity index (χ2n) is 6.64. The maximum absolute atomic E-state index is 10.7. The van der Waals surface area contributed by atoms with Crippen LogP contribution in [0.25, 0.3) is 0 Å². The third kappa shape index (κ3) is 9.79. The molecular weight excluding hydrogens is 462 g/mol. The molecule has 0 spiro atoms. The Labute approximate surface area is 183 Å². The fourth-order valence-electron chi connectivity index (χ4n) is 3.66. The number of benzene rings is 1. The summed E-state index contributed by atoms with van der Waals surface area (Å²) in [4.78, 5) is 0. The third-order valence-corrected chi connectivity index (χ3v) is 9.85. The molecule has 12 heteroatoms. The van der Waals surface area contributed by atoms with Gasteiger partial charge in [-0.2, -0.15) is 0 Å². The van der Waals surface area contributed by atoms with Crippen molar-refractivity contribution < 1.29 is 29.9 Å². The van der Waals surface area contributed by atoms with Crippen LogP contribution in [-0.2, 0) is 0 Å². The minimum absolute atomic E-state index is 0.926. The Kier molecular flexibility index (Phi) is 10.7. The number of methoxy groups -OCH3 is 1. The molecule has 0 N–H and O–H groups in total. The van der Waals surface area contributed by atoms with E-state index in [2.05, 4.69) is 79.8 Å². The number of hydrogen-bond acceptors (Lipinski definition) is 4. The number of nitrogens with zero attached hydrogens (tertiary/aromatic N) is 3. The van der Waals surface area contributed by atoms with Crippen molar-refractivity contribution in [2.45, 2.75) is 41.5 Å². The zero-order valence-corrected chi connectivity index (χ0v) is 21.3. The minimum atomic E-state index is -10.7. The van der Waals surface area contributed by atoms with Gasteiger partial charge in [0.15, 0.2) is 0 Å². The Morgan fingerprint density at radius 3 is 1.10 bits per heavy atom. The zero-order valence-electron chi connectivity index (χ0n) is 19.5.